The second-order valence-corrected chi connectivity index (χ2v) is 21.9. The maximum atomic E-state index is 12.1. The molecule has 4 rings (SSSR count). The van der Waals surface area contributed by atoms with Crippen LogP contribution in [0.15, 0.2) is 59.3 Å². The first-order valence-corrected chi connectivity index (χ1v) is 22.9. The second-order valence-electron chi connectivity index (χ2n) is 12.9. The Hall–Kier alpha value is -3.48. The van der Waals surface area contributed by atoms with Gasteiger partial charge in [-0.3, -0.25) is 19.2 Å². The molecule has 0 fully saturated rings. The Morgan fingerprint density at radius 3 is 1.31 bits per heavy atom. The Kier molecular flexibility index (Phi) is 16.1. The Balaban J connectivity index is 0.000000280. The van der Waals surface area contributed by atoms with Crippen molar-refractivity contribution in [2.75, 3.05) is 39.5 Å². The minimum absolute atomic E-state index is 0.0190. The quantitative estimate of drug-likeness (QED) is 0.0892. The lowest BCUT2D eigenvalue weighted by atomic mass is 10.1. The van der Waals surface area contributed by atoms with Crippen molar-refractivity contribution in [3.8, 4) is 0 Å². The first kappa shape index (κ1) is 42.9. The fraction of sp³-hybridized carbons (Fsp3) is 0.371. The molecular formula is C35H45N7O4S6. The standard InChI is InChI=1S/C18H23N3O2S3.C17H22N4O2S3/c1-12-19-15(11-25-12)17(23)21-14-7-5-13(6-8-14)20-16(22)9-10-18(2,3)26(4)24;1-17(2,26(3)24)9-8-14(22)19-11-4-6-12(7-5-11)20-15(23)13-10-25-16(18)21-13/h5-8,11H,9-10H2,1-4H3,(H,20,22)(H,21,23);4-7,10H,8-9H2,1-3H3,(H2,18,21)(H,19,22)(H,20,23). The predicted molar refractivity (Wildman–Crippen MR) is 227 cm³/mol. The third kappa shape index (κ3) is 14.2. The van der Waals surface area contributed by atoms with Gasteiger partial charge in [-0.25, -0.2) is 9.97 Å². The summed E-state index contributed by atoms with van der Waals surface area (Å²) >= 11 is 13.3. The van der Waals surface area contributed by atoms with Crippen LogP contribution < -0.4 is 27.0 Å². The van der Waals surface area contributed by atoms with E-state index in [2.05, 4.69) is 58.9 Å². The van der Waals surface area contributed by atoms with Crippen LogP contribution in [0.4, 0.5) is 27.9 Å². The Bertz CT molecular complexity index is 1770. The number of benzene rings is 2. The number of nitrogen functional groups attached to an aromatic ring is 1. The van der Waals surface area contributed by atoms with Crippen molar-refractivity contribution in [1.29, 1.82) is 0 Å². The van der Waals surface area contributed by atoms with Gasteiger partial charge in [0.05, 0.1) is 5.01 Å². The number of amides is 4. The lowest BCUT2D eigenvalue weighted by Gasteiger charge is -2.23. The normalized spacial score (nSPS) is 12.4. The van der Waals surface area contributed by atoms with Crippen LogP contribution in [-0.4, -0.2) is 55.6 Å². The van der Waals surface area contributed by atoms with Gasteiger partial charge in [-0.05, 0) is 80.8 Å². The highest BCUT2D eigenvalue weighted by Gasteiger charge is 2.22. The van der Waals surface area contributed by atoms with Crippen LogP contribution >= 0.6 is 22.7 Å². The molecule has 0 bridgehead atoms. The zero-order valence-corrected chi connectivity index (χ0v) is 35.1. The number of carbonyl (C=O) groups is 4. The maximum absolute atomic E-state index is 12.1. The van der Waals surface area contributed by atoms with E-state index in [4.69, 9.17) is 28.1 Å². The molecule has 2 aromatic heterocycles. The predicted octanol–water partition coefficient (Wildman–Crippen LogP) is 7.10. The van der Waals surface area contributed by atoms with Crippen LogP contribution in [0, 0.1) is 6.92 Å². The number of hydrogen-bond donors (Lipinski definition) is 5. The highest BCUT2D eigenvalue weighted by molar-refractivity contribution is 8.29. The zero-order valence-electron chi connectivity index (χ0n) is 30.2. The maximum Gasteiger partial charge on any atom is 0.275 e. The van der Waals surface area contributed by atoms with E-state index in [0.29, 0.717) is 46.4 Å². The summed E-state index contributed by atoms with van der Waals surface area (Å²) in [7, 11) is -0.315. The molecule has 0 saturated carbocycles. The molecule has 0 aliphatic heterocycles. The number of nitrogens with one attached hydrogen (secondary N) is 4. The smallest absolute Gasteiger partial charge is 0.275 e. The fourth-order valence-corrected chi connectivity index (χ4v) is 6.50. The van der Waals surface area contributed by atoms with Crippen LogP contribution in [-0.2, 0) is 50.9 Å². The van der Waals surface area contributed by atoms with Gasteiger partial charge in [0, 0.05) is 55.8 Å². The molecule has 11 nitrogen and oxygen atoms in total. The molecular weight excluding hydrogens is 775 g/mol. The highest BCUT2D eigenvalue weighted by atomic mass is 32.8. The van der Waals surface area contributed by atoms with Gasteiger partial charge in [-0.1, -0.05) is 50.1 Å². The molecule has 0 saturated heterocycles. The lowest BCUT2D eigenvalue weighted by molar-refractivity contribution is -0.117. The molecule has 4 amide bonds. The Morgan fingerprint density at radius 1 is 0.654 bits per heavy atom. The monoisotopic (exact) mass is 819 g/mol. The van der Waals surface area contributed by atoms with Crippen molar-refractivity contribution < 1.29 is 19.2 Å². The summed E-state index contributed by atoms with van der Waals surface area (Å²) in [6.45, 7) is 10.2. The third-order valence-electron chi connectivity index (χ3n) is 7.92. The van der Waals surface area contributed by atoms with Gasteiger partial charge in [-0.15, -0.1) is 41.6 Å². The van der Waals surface area contributed by atoms with Crippen molar-refractivity contribution in [1.82, 2.24) is 9.97 Å². The first-order valence-electron chi connectivity index (χ1n) is 16.1. The molecule has 52 heavy (non-hydrogen) atoms. The van der Waals surface area contributed by atoms with Crippen molar-refractivity contribution >= 4 is 115 Å². The number of anilines is 5. The van der Waals surface area contributed by atoms with Gasteiger partial charge in [0.2, 0.25) is 11.8 Å². The minimum atomic E-state index is -0.323. The summed E-state index contributed by atoms with van der Waals surface area (Å²) in [4.78, 5) is 56.4. The van der Waals surface area contributed by atoms with E-state index in [0.717, 1.165) is 17.8 Å². The molecule has 4 aromatic rings. The summed E-state index contributed by atoms with van der Waals surface area (Å²) in [6, 6.07) is 14.0. The van der Waals surface area contributed by atoms with Gasteiger partial charge < -0.3 is 27.0 Å². The van der Waals surface area contributed by atoms with Crippen LogP contribution in [0.2, 0.25) is 0 Å². The SMILES string of the molecule is CS(=S)C(C)(C)CCC(=O)Nc1ccc(NC(=O)c2csc(N)n2)cc1.Cc1nc(C(=O)Nc2ccc(NC(=O)CCC(C)(C)S(C)=S)cc2)cs1. The van der Waals surface area contributed by atoms with E-state index in [1.807, 2.05) is 19.4 Å². The third-order valence-corrected chi connectivity index (χ3v) is 15.6. The van der Waals surface area contributed by atoms with E-state index in [-0.39, 0.29) is 57.7 Å². The number of nitrogens with two attached hydrogens (primary N) is 1. The molecule has 0 aliphatic rings. The number of carbonyl (C=O) groups excluding carboxylic acids is 4. The number of aromatic nitrogens is 2. The van der Waals surface area contributed by atoms with Crippen molar-refractivity contribution in [3.05, 3.63) is 75.7 Å². The van der Waals surface area contributed by atoms with E-state index < -0.39 is 0 Å². The summed E-state index contributed by atoms with van der Waals surface area (Å²) in [5.41, 5.74) is 8.86. The van der Waals surface area contributed by atoms with Gasteiger partial charge in [0.15, 0.2) is 5.13 Å². The number of aryl methyl sites for hydroxylation is 1. The zero-order chi connectivity index (χ0) is 38.6. The average Bonchev–Trinajstić information content (AvgIpc) is 3.73. The summed E-state index contributed by atoms with van der Waals surface area (Å²) in [6.07, 6.45) is 6.39. The molecule has 0 aliphatic carbocycles. The Morgan fingerprint density at radius 2 is 1.00 bits per heavy atom. The molecule has 2 unspecified atom stereocenters. The molecule has 17 heteroatoms. The number of nitrogens with zero attached hydrogens (tertiary/aromatic N) is 2. The molecule has 2 aromatic carbocycles. The van der Waals surface area contributed by atoms with Gasteiger partial charge in [0.25, 0.3) is 11.8 Å². The minimum Gasteiger partial charge on any atom is -0.375 e. The topological polar surface area (TPSA) is 168 Å². The summed E-state index contributed by atoms with van der Waals surface area (Å²) < 4.78 is -0.0469. The van der Waals surface area contributed by atoms with Gasteiger partial charge >= 0.3 is 0 Å². The molecule has 0 spiro atoms. The fourth-order valence-electron chi connectivity index (χ4n) is 4.09. The van der Waals surface area contributed by atoms with Gasteiger partial charge in [0.1, 0.15) is 11.4 Å². The van der Waals surface area contributed by atoms with E-state index in [1.54, 1.807) is 59.3 Å². The summed E-state index contributed by atoms with van der Waals surface area (Å²) in [5.74, 6) is -0.649. The molecule has 2 atom stereocenters. The van der Waals surface area contributed by atoms with Crippen LogP contribution in [0.3, 0.4) is 0 Å². The van der Waals surface area contributed by atoms with Crippen LogP contribution in [0.25, 0.3) is 0 Å². The lowest BCUT2D eigenvalue weighted by Crippen LogP contribution is -2.27. The average molecular weight is 820 g/mol. The highest BCUT2D eigenvalue weighted by Crippen LogP contribution is 2.22. The van der Waals surface area contributed by atoms with Crippen molar-refractivity contribution in [2.45, 2.75) is 69.8 Å². The second kappa shape index (κ2) is 19.6. The van der Waals surface area contributed by atoms with E-state index in [9.17, 15) is 19.2 Å². The first-order chi connectivity index (χ1) is 24.3. The largest absolute Gasteiger partial charge is 0.375 e. The van der Waals surface area contributed by atoms with E-state index in [1.165, 1.54) is 22.7 Å². The van der Waals surface area contributed by atoms with Crippen molar-refractivity contribution in [2.24, 2.45) is 0 Å². The van der Waals surface area contributed by atoms with Crippen LogP contribution in [0.1, 0.15) is 79.4 Å². The summed E-state index contributed by atoms with van der Waals surface area (Å²) in [5, 5.41) is 15.8. The number of thiazole rings is 2. The van der Waals surface area contributed by atoms with Crippen LogP contribution in [0.5, 0.6) is 0 Å². The molecule has 2 heterocycles. The number of rotatable bonds is 14. The molecule has 0 radical (unpaired) electrons. The molecule has 6 N–H and O–H groups in total. The Labute approximate surface area is 327 Å². The number of hydrogen-bond acceptors (Lipinski definition) is 11. The van der Waals surface area contributed by atoms with Gasteiger partial charge in [-0.2, -0.15) is 0 Å². The van der Waals surface area contributed by atoms with Crippen molar-refractivity contribution in [3.63, 3.8) is 0 Å². The molecule has 280 valence electrons. The van der Waals surface area contributed by atoms with E-state index >= 15 is 0 Å².